The number of fused-ring (bicyclic) bond motifs is 1. The molecule has 0 aromatic rings. The first kappa shape index (κ1) is 24.4. The summed E-state index contributed by atoms with van der Waals surface area (Å²) in [4.78, 5) is 42.0. The molecule has 3 aliphatic heterocycles. The summed E-state index contributed by atoms with van der Waals surface area (Å²) >= 11 is 1.72. The predicted molar refractivity (Wildman–Crippen MR) is 123 cm³/mol. The summed E-state index contributed by atoms with van der Waals surface area (Å²) in [7, 11) is 0. The van der Waals surface area contributed by atoms with E-state index >= 15 is 0 Å². The fourth-order valence-corrected chi connectivity index (χ4v) is 8.14. The van der Waals surface area contributed by atoms with E-state index in [1.165, 1.54) is 0 Å². The van der Waals surface area contributed by atoms with E-state index < -0.39 is 22.6 Å². The van der Waals surface area contributed by atoms with Crippen molar-refractivity contribution in [3.8, 4) is 0 Å². The molecule has 1 spiro atoms. The second-order valence-electron chi connectivity index (χ2n) is 9.48. The first-order chi connectivity index (χ1) is 14.9. The molecule has 176 valence electrons. The van der Waals surface area contributed by atoms with E-state index in [4.69, 9.17) is 5.11 Å². The Bertz CT molecular complexity index is 690. The van der Waals surface area contributed by atoms with Crippen LogP contribution in [0.5, 0.6) is 0 Å². The maximum absolute atomic E-state index is 13.7. The Balaban J connectivity index is 1.89. The van der Waals surface area contributed by atoms with Gasteiger partial charge in [0.2, 0.25) is 17.7 Å². The van der Waals surface area contributed by atoms with E-state index in [1.807, 2.05) is 6.92 Å². The predicted octanol–water partition coefficient (Wildman–Crippen LogP) is 2.07. The van der Waals surface area contributed by atoms with Gasteiger partial charge in [-0.2, -0.15) is 0 Å². The molecule has 8 heteroatoms. The summed E-state index contributed by atoms with van der Waals surface area (Å²) in [5, 5.41) is 15.2. The SMILES string of the molecule is CCCCNC(=O)C1N(CCCCCO)C(=O)[C@@H]2[C@@H](C(=O)NCCC)[C@@]3(C)CCC12S3. The van der Waals surface area contributed by atoms with E-state index in [2.05, 4.69) is 24.5 Å². The van der Waals surface area contributed by atoms with Gasteiger partial charge in [-0.25, -0.2) is 0 Å². The van der Waals surface area contributed by atoms with E-state index in [0.717, 1.165) is 44.9 Å². The maximum Gasteiger partial charge on any atom is 0.244 e. The van der Waals surface area contributed by atoms with Crippen molar-refractivity contribution in [3.63, 3.8) is 0 Å². The lowest BCUT2D eigenvalue weighted by molar-refractivity contribution is -0.140. The van der Waals surface area contributed by atoms with Crippen LogP contribution in [0.15, 0.2) is 0 Å². The molecule has 0 aromatic carbocycles. The van der Waals surface area contributed by atoms with Gasteiger partial charge in [-0.15, -0.1) is 11.8 Å². The Morgan fingerprint density at radius 2 is 1.81 bits per heavy atom. The average molecular weight is 454 g/mol. The summed E-state index contributed by atoms with van der Waals surface area (Å²) < 4.78 is -0.823. The Labute approximate surface area is 190 Å². The number of hydrogen-bond acceptors (Lipinski definition) is 5. The molecule has 3 saturated heterocycles. The van der Waals surface area contributed by atoms with Gasteiger partial charge in [-0.05, 0) is 51.9 Å². The minimum Gasteiger partial charge on any atom is -0.396 e. The number of nitrogens with one attached hydrogen (secondary N) is 2. The second kappa shape index (κ2) is 10.1. The molecule has 0 aliphatic carbocycles. The molecule has 0 aromatic heterocycles. The van der Waals surface area contributed by atoms with Crippen molar-refractivity contribution in [2.24, 2.45) is 11.8 Å². The molecule has 3 heterocycles. The molecule has 2 bridgehead atoms. The van der Waals surface area contributed by atoms with E-state index in [1.54, 1.807) is 16.7 Å². The first-order valence-electron chi connectivity index (χ1n) is 12.0. The van der Waals surface area contributed by atoms with Crippen LogP contribution < -0.4 is 10.6 Å². The highest BCUT2D eigenvalue weighted by Crippen LogP contribution is 2.71. The van der Waals surface area contributed by atoms with Crippen molar-refractivity contribution in [1.29, 1.82) is 0 Å². The van der Waals surface area contributed by atoms with Crippen LogP contribution in [-0.4, -0.2) is 69.5 Å². The Hall–Kier alpha value is -1.28. The standard InChI is InChI=1S/C23H39N3O4S/c1-4-6-13-25-20(29)18-23-11-10-22(3,31-23)16(19(28)24-12-5-2)17(23)21(30)26(18)14-8-7-9-15-27/h16-18,27H,4-15H2,1-3H3,(H,24,28)(H,25,29)/t16-,17-,18?,22+,23?/m0/s1. The number of carbonyl (C=O) groups is 3. The van der Waals surface area contributed by atoms with Crippen molar-refractivity contribution >= 4 is 29.5 Å². The molecular formula is C23H39N3O4S. The van der Waals surface area contributed by atoms with Gasteiger partial charge in [0.15, 0.2) is 0 Å². The van der Waals surface area contributed by atoms with Crippen LogP contribution in [0, 0.1) is 11.8 Å². The number of thioether (sulfide) groups is 1. The lowest BCUT2D eigenvalue weighted by Crippen LogP contribution is -2.54. The van der Waals surface area contributed by atoms with Crippen LogP contribution in [0.4, 0.5) is 0 Å². The fraction of sp³-hybridized carbons (Fsp3) is 0.870. The number of rotatable bonds is 12. The number of amides is 3. The number of aliphatic hydroxyl groups excluding tert-OH is 1. The highest BCUT2D eigenvalue weighted by Gasteiger charge is 2.76. The Morgan fingerprint density at radius 1 is 1.06 bits per heavy atom. The third-order valence-electron chi connectivity index (χ3n) is 7.24. The van der Waals surface area contributed by atoms with Gasteiger partial charge in [0.25, 0.3) is 0 Å². The topological polar surface area (TPSA) is 98.7 Å². The third-order valence-corrected chi connectivity index (χ3v) is 9.23. The molecule has 2 unspecified atom stereocenters. The molecular weight excluding hydrogens is 414 g/mol. The Morgan fingerprint density at radius 3 is 2.48 bits per heavy atom. The van der Waals surface area contributed by atoms with Gasteiger partial charge in [0.05, 0.1) is 16.6 Å². The second-order valence-corrected chi connectivity index (χ2v) is 11.4. The van der Waals surface area contributed by atoms with Gasteiger partial charge >= 0.3 is 0 Å². The molecule has 5 atom stereocenters. The molecule has 3 rings (SSSR count). The summed E-state index contributed by atoms with van der Waals surface area (Å²) in [5.74, 6) is -0.972. The van der Waals surface area contributed by atoms with Crippen molar-refractivity contribution in [3.05, 3.63) is 0 Å². The first-order valence-corrected chi connectivity index (χ1v) is 12.8. The molecule has 0 radical (unpaired) electrons. The highest BCUT2D eigenvalue weighted by atomic mass is 32.2. The maximum atomic E-state index is 13.7. The van der Waals surface area contributed by atoms with Crippen LogP contribution in [0.1, 0.15) is 72.1 Å². The van der Waals surface area contributed by atoms with Crippen molar-refractivity contribution in [1.82, 2.24) is 15.5 Å². The van der Waals surface area contributed by atoms with Gasteiger partial charge in [-0.1, -0.05) is 20.3 Å². The van der Waals surface area contributed by atoms with Crippen molar-refractivity contribution < 1.29 is 19.5 Å². The van der Waals surface area contributed by atoms with Gasteiger partial charge in [-0.3, -0.25) is 14.4 Å². The van der Waals surface area contributed by atoms with Crippen molar-refractivity contribution in [2.75, 3.05) is 26.2 Å². The number of nitrogens with zero attached hydrogens (tertiary/aromatic N) is 1. The monoisotopic (exact) mass is 453 g/mol. The van der Waals surface area contributed by atoms with Gasteiger partial charge < -0.3 is 20.6 Å². The van der Waals surface area contributed by atoms with Crippen LogP contribution in [0.2, 0.25) is 0 Å². The van der Waals surface area contributed by atoms with Crippen LogP contribution in [-0.2, 0) is 14.4 Å². The molecule has 3 aliphatic rings. The molecule has 3 amide bonds. The quantitative estimate of drug-likeness (QED) is 0.393. The average Bonchev–Trinajstić information content (AvgIpc) is 3.30. The zero-order valence-electron chi connectivity index (χ0n) is 19.2. The van der Waals surface area contributed by atoms with Gasteiger partial charge in [0, 0.05) is 31.0 Å². The zero-order chi connectivity index (χ0) is 22.6. The number of aliphatic hydroxyl groups is 1. The molecule has 31 heavy (non-hydrogen) atoms. The molecule has 7 nitrogen and oxygen atoms in total. The van der Waals surface area contributed by atoms with Gasteiger partial charge in [0.1, 0.15) is 6.04 Å². The fourth-order valence-electron chi connectivity index (χ4n) is 5.78. The summed E-state index contributed by atoms with van der Waals surface area (Å²) in [5.41, 5.74) is 0. The summed E-state index contributed by atoms with van der Waals surface area (Å²) in [6, 6.07) is -0.521. The third kappa shape index (κ3) is 4.34. The lowest BCUT2D eigenvalue weighted by Gasteiger charge is -2.34. The minimum absolute atomic E-state index is 0.0350. The minimum atomic E-state index is -0.521. The molecule has 3 N–H and O–H groups in total. The lowest BCUT2D eigenvalue weighted by atomic mass is 9.66. The molecule has 0 saturated carbocycles. The van der Waals surface area contributed by atoms with Crippen LogP contribution in [0.3, 0.4) is 0 Å². The molecule has 3 fully saturated rings. The normalized spacial score (nSPS) is 33.6. The van der Waals surface area contributed by atoms with E-state index in [9.17, 15) is 14.4 Å². The smallest absolute Gasteiger partial charge is 0.244 e. The van der Waals surface area contributed by atoms with Crippen LogP contribution in [0.25, 0.3) is 0 Å². The van der Waals surface area contributed by atoms with E-state index in [-0.39, 0.29) is 29.1 Å². The Kier molecular flexibility index (Phi) is 7.95. The van der Waals surface area contributed by atoms with Crippen molar-refractivity contribution in [2.45, 2.75) is 87.7 Å². The number of carbonyl (C=O) groups excluding carboxylic acids is 3. The highest BCUT2D eigenvalue weighted by molar-refractivity contribution is 8.02. The number of unbranched alkanes of at least 4 members (excludes halogenated alkanes) is 3. The number of likely N-dealkylation sites (tertiary alicyclic amines) is 1. The zero-order valence-corrected chi connectivity index (χ0v) is 20.1. The van der Waals surface area contributed by atoms with Crippen LogP contribution >= 0.6 is 11.8 Å². The van der Waals surface area contributed by atoms with E-state index in [0.29, 0.717) is 26.1 Å². The summed E-state index contributed by atoms with van der Waals surface area (Å²) in [6.45, 7) is 8.06. The summed E-state index contributed by atoms with van der Waals surface area (Å²) in [6.07, 6.45) is 6.66. The largest absolute Gasteiger partial charge is 0.396 e. The number of hydrogen-bond donors (Lipinski definition) is 3.